The maximum atomic E-state index is 5.43. The maximum absolute atomic E-state index is 5.43. The van der Waals surface area contributed by atoms with Crippen LogP contribution >= 0.6 is 7.05 Å². The molecule has 0 heterocycles. The molecule has 1 rings (SSSR count). The molecule has 0 saturated heterocycles. The van der Waals surface area contributed by atoms with Crippen LogP contribution in [-0.4, -0.2) is 18.5 Å². The van der Waals surface area contributed by atoms with E-state index in [1.165, 1.54) is 43.4 Å². The van der Waals surface area contributed by atoms with Gasteiger partial charge in [0.2, 0.25) is 0 Å². The molecule has 1 aliphatic rings. The molecule has 0 fully saturated rings. The van der Waals surface area contributed by atoms with Crippen molar-refractivity contribution in [1.82, 2.24) is 0 Å². The molecule has 166 valence electrons. The van der Waals surface area contributed by atoms with Crippen molar-refractivity contribution in [2.45, 2.75) is 80.6 Å². The Morgan fingerprint density at radius 2 is 1.45 bits per heavy atom. The Labute approximate surface area is 198 Å². The predicted molar refractivity (Wildman–Crippen MR) is 134 cm³/mol. The minimum Gasteiger partial charge on any atom is -0.272 e. The van der Waals surface area contributed by atoms with Crippen LogP contribution in [0.2, 0.25) is 0 Å². The summed E-state index contributed by atoms with van der Waals surface area (Å²) in [5, 5.41) is 0. The number of hydrogen-bond donors (Lipinski definition) is 0. The second-order valence-electron chi connectivity index (χ2n) is 9.28. The van der Waals surface area contributed by atoms with Crippen molar-refractivity contribution in [3.63, 3.8) is 0 Å². The Morgan fingerprint density at radius 1 is 0.966 bits per heavy atom. The summed E-state index contributed by atoms with van der Waals surface area (Å²) >= 11 is 0. The van der Waals surface area contributed by atoms with Gasteiger partial charge in [-0.1, -0.05) is 85.4 Å². The van der Waals surface area contributed by atoms with E-state index in [0.29, 0.717) is 0 Å². The van der Waals surface area contributed by atoms with Crippen LogP contribution in [0, 0.1) is 17.8 Å². The zero-order chi connectivity index (χ0) is 21.4. The molecule has 0 N–H and O–H groups in total. The van der Waals surface area contributed by atoms with Crippen LogP contribution in [0.15, 0.2) is 53.5 Å². The molecule has 0 aromatic heterocycles. The van der Waals surface area contributed by atoms with Crippen LogP contribution in [0.5, 0.6) is 0 Å². The van der Waals surface area contributed by atoms with Gasteiger partial charge in [0.1, 0.15) is 0 Å². The zero-order valence-electron chi connectivity index (χ0n) is 20.5. The molecule has 0 aliphatic heterocycles. The molecule has 0 atom stereocenters. The maximum Gasteiger partial charge on any atom is 0.0425 e. The van der Waals surface area contributed by atoms with E-state index < -0.39 is 7.05 Å². The van der Waals surface area contributed by atoms with E-state index in [2.05, 4.69) is 79.3 Å². The van der Waals surface area contributed by atoms with E-state index in [1.54, 1.807) is 6.08 Å². The Balaban J connectivity index is 0. The van der Waals surface area contributed by atoms with Crippen LogP contribution in [0.1, 0.15) is 80.6 Å². The molecule has 0 spiro atoms. The Morgan fingerprint density at radius 3 is 1.72 bits per heavy atom. The van der Waals surface area contributed by atoms with Crippen molar-refractivity contribution in [1.29, 1.82) is 0 Å². The van der Waals surface area contributed by atoms with Crippen molar-refractivity contribution in [3.05, 3.63) is 48.7 Å². The average molecular weight is 454 g/mol. The third-order valence-electron chi connectivity index (χ3n) is 4.97. The fourth-order valence-electron chi connectivity index (χ4n) is 3.00. The summed E-state index contributed by atoms with van der Waals surface area (Å²) in [5.74, 6) is 2.38. The van der Waals surface area contributed by atoms with Gasteiger partial charge in [0.15, 0.2) is 0 Å². The van der Waals surface area contributed by atoms with Gasteiger partial charge in [-0.25, -0.2) is 0 Å². The van der Waals surface area contributed by atoms with Gasteiger partial charge < -0.3 is 0 Å². The van der Waals surface area contributed by atoms with Crippen molar-refractivity contribution >= 4 is 7.05 Å². The summed E-state index contributed by atoms with van der Waals surface area (Å²) in [6.07, 6.45) is 22.7. The number of allylic oxidation sites excluding steroid dienone is 6. The van der Waals surface area contributed by atoms with Gasteiger partial charge in [0.25, 0.3) is 0 Å². The summed E-state index contributed by atoms with van der Waals surface area (Å²) in [7, 11) is -1.19. The van der Waals surface area contributed by atoms with Gasteiger partial charge >= 0.3 is 0 Å². The molecule has 0 radical (unpaired) electrons. The smallest absolute Gasteiger partial charge is 0.0425 e. The number of hydrogen-bond acceptors (Lipinski definition) is 1. The molecular formula is C26H48NPTi. The topological polar surface area (TPSA) is 12.4 Å². The first-order chi connectivity index (χ1) is 13.2. The Kier molecular flexibility index (Phi) is 20.0. The first-order valence-electron chi connectivity index (χ1n) is 11.5. The van der Waals surface area contributed by atoms with Gasteiger partial charge in [0, 0.05) is 33.8 Å². The van der Waals surface area contributed by atoms with E-state index in [9.17, 15) is 0 Å². The van der Waals surface area contributed by atoms with Gasteiger partial charge in [-0.15, -0.1) is 0 Å². The molecular weight excluding hydrogens is 405 g/mol. The summed E-state index contributed by atoms with van der Waals surface area (Å²) in [6.45, 7) is 19.8. The van der Waals surface area contributed by atoms with Crippen LogP contribution in [0.4, 0.5) is 0 Å². The summed E-state index contributed by atoms with van der Waals surface area (Å²) in [4.78, 5) is 0. The molecule has 0 saturated carbocycles. The first kappa shape index (κ1) is 31.1. The molecule has 0 aromatic carbocycles. The monoisotopic (exact) mass is 453 g/mol. The third kappa shape index (κ3) is 17.3. The van der Waals surface area contributed by atoms with E-state index in [4.69, 9.17) is 4.74 Å². The molecule has 0 aromatic rings. The third-order valence-corrected chi connectivity index (χ3v) is 8.92. The minimum absolute atomic E-state index is 0. The molecule has 0 amide bonds. The molecule has 1 aliphatic carbocycles. The van der Waals surface area contributed by atoms with E-state index >= 15 is 0 Å². The SMILES string of the molecule is C=CC=CCC.CC(C)CCP(CCC(C)C)(CCC(C)C)=NC1=CC=CC1.[Ti]. The normalized spacial score (nSPS) is 13.5. The van der Waals surface area contributed by atoms with E-state index in [1.807, 2.05) is 6.08 Å². The van der Waals surface area contributed by atoms with Crippen LogP contribution in [0.25, 0.3) is 0 Å². The second kappa shape index (κ2) is 18.7. The quantitative estimate of drug-likeness (QED) is 0.159. The fraction of sp³-hybridized carbons (Fsp3) is 0.692. The zero-order valence-corrected chi connectivity index (χ0v) is 22.9. The van der Waals surface area contributed by atoms with E-state index in [-0.39, 0.29) is 21.7 Å². The first-order valence-corrected chi connectivity index (χ1v) is 13.8. The van der Waals surface area contributed by atoms with Gasteiger partial charge in [-0.2, -0.15) is 0 Å². The summed E-state index contributed by atoms with van der Waals surface area (Å²) in [6, 6.07) is 0. The van der Waals surface area contributed by atoms with Crippen molar-refractivity contribution < 1.29 is 21.7 Å². The van der Waals surface area contributed by atoms with Crippen molar-refractivity contribution in [2.24, 2.45) is 22.5 Å². The average Bonchev–Trinajstić information content (AvgIpc) is 3.14. The van der Waals surface area contributed by atoms with Gasteiger partial charge in [-0.05, 0) is 75.1 Å². The molecule has 29 heavy (non-hydrogen) atoms. The van der Waals surface area contributed by atoms with Crippen molar-refractivity contribution in [3.8, 4) is 0 Å². The Hall–Kier alpha value is -0.0957. The number of nitrogens with zero attached hydrogens (tertiary/aromatic N) is 1. The standard InChI is InChI=1S/C20H38NP.C6H10.Ti/c1-17(2)11-14-22(15-12-18(3)4,16-13-19(5)6)21-20-9-7-8-10-20;1-3-5-6-4-2;/h7-9,17-19H,10-16H2,1-6H3;3,5-6H,1,4H2,2H3;. The Bertz CT molecular complexity index is 515. The molecule has 3 heteroatoms. The fourth-order valence-corrected chi connectivity index (χ4v) is 7.65. The predicted octanol–water partition coefficient (Wildman–Crippen LogP) is 9.31. The largest absolute Gasteiger partial charge is 0.272 e. The summed E-state index contributed by atoms with van der Waals surface area (Å²) in [5.41, 5.74) is 1.35. The number of rotatable bonds is 12. The van der Waals surface area contributed by atoms with Crippen LogP contribution in [-0.2, 0) is 21.7 Å². The van der Waals surface area contributed by atoms with Crippen LogP contribution < -0.4 is 0 Å². The molecule has 1 nitrogen and oxygen atoms in total. The minimum atomic E-state index is -1.19. The van der Waals surface area contributed by atoms with Crippen LogP contribution in [0.3, 0.4) is 0 Å². The van der Waals surface area contributed by atoms with Crippen molar-refractivity contribution in [2.75, 3.05) is 18.5 Å². The van der Waals surface area contributed by atoms with E-state index in [0.717, 1.165) is 30.6 Å². The van der Waals surface area contributed by atoms with Gasteiger partial charge in [-0.3, -0.25) is 4.74 Å². The summed E-state index contributed by atoms with van der Waals surface area (Å²) < 4.78 is 5.43. The molecule has 0 bridgehead atoms. The van der Waals surface area contributed by atoms with Gasteiger partial charge in [0.05, 0.1) is 0 Å². The second-order valence-corrected chi connectivity index (χ2v) is 13.0. The molecule has 0 unspecified atom stereocenters.